The molecule has 16 heavy (non-hydrogen) atoms. The van der Waals surface area contributed by atoms with Gasteiger partial charge in [0.25, 0.3) is 5.91 Å². The smallest absolute Gasteiger partial charge is 0.251 e. The van der Waals surface area contributed by atoms with E-state index in [1.807, 2.05) is 13.8 Å². The minimum Gasteiger partial charge on any atom is -0.350 e. The van der Waals surface area contributed by atoms with Crippen LogP contribution in [0.15, 0.2) is 24.3 Å². The van der Waals surface area contributed by atoms with Gasteiger partial charge in [-0.25, -0.2) is 0 Å². The normalized spacial score (nSPS) is 10.5. The molecule has 0 fully saturated rings. The van der Waals surface area contributed by atoms with Gasteiger partial charge < -0.3 is 11.1 Å². The van der Waals surface area contributed by atoms with Crippen LogP contribution in [0.4, 0.5) is 0 Å². The maximum Gasteiger partial charge on any atom is 0.251 e. The van der Waals surface area contributed by atoms with Crippen LogP contribution in [0, 0.1) is 0 Å². The van der Waals surface area contributed by atoms with E-state index in [9.17, 15) is 4.79 Å². The van der Waals surface area contributed by atoms with Crippen molar-refractivity contribution >= 4 is 29.9 Å². The van der Waals surface area contributed by atoms with Gasteiger partial charge in [0.05, 0.1) is 0 Å². The molecule has 0 atom stereocenters. The molecule has 1 rings (SSSR count). The van der Waals surface area contributed by atoms with E-state index >= 15 is 0 Å². The molecule has 0 radical (unpaired) electrons. The highest BCUT2D eigenvalue weighted by Crippen LogP contribution is 2.10. The maximum absolute atomic E-state index is 11.6. The standard InChI is InChI=1S/C11H15ClN2O.ClH/c1-11(2,13)7-14-10(15)8-4-3-5-9(12)6-8;/h3-6H,7,13H2,1-2H3,(H,14,15);1H. The average molecular weight is 263 g/mol. The minimum absolute atomic E-state index is 0. The Morgan fingerprint density at radius 3 is 2.62 bits per heavy atom. The predicted octanol–water partition coefficient (Wildman–Crippen LogP) is 2.23. The summed E-state index contributed by atoms with van der Waals surface area (Å²) in [7, 11) is 0. The highest BCUT2D eigenvalue weighted by Gasteiger charge is 2.13. The Morgan fingerprint density at radius 1 is 1.50 bits per heavy atom. The molecule has 1 aromatic carbocycles. The number of rotatable bonds is 3. The van der Waals surface area contributed by atoms with E-state index in [1.165, 1.54) is 0 Å². The van der Waals surface area contributed by atoms with E-state index in [-0.39, 0.29) is 18.3 Å². The van der Waals surface area contributed by atoms with Gasteiger partial charge in [0, 0.05) is 22.7 Å². The summed E-state index contributed by atoms with van der Waals surface area (Å²) >= 11 is 5.77. The summed E-state index contributed by atoms with van der Waals surface area (Å²) in [4.78, 5) is 11.6. The number of hydrogen-bond donors (Lipinski definition) is 2. The lowest BCUT2D eigenvalue weighted by Gasteiger charge is -2.18. The fraction of sp³-hybridized carbons (Fsp3) is 0.364. The van der Waals surface area contributed by atoms with Crippen LogP contribution in [0.5, 0.6) is 0 Å². The van der Waals surface area contributed by atoms with Gasteiger partial charge >= 0.3 is 0 Å². The summed E-state index contributed by atoms with van der Waals surface area (Å²) in [6.45, 7) is 4.13. The zero-order valence-electron chi connectivity index (χ0n) is 9.29. The van der Waals surface area contributed by atoms with Gasteiger partial charge in [-0.1, -0.05) is 17.7 Å². The highest BCUT2D eigenvalue weighted by atomic mass is 35.5. The summed E-state index contributed by atoms with van der Waals surface area (Å²) in [6.07, 6.45) is 0. The van der Waals surface area contributed by atoms with E-state index in [4.69, 9.17) is 17.3 Å². The number of amides is 1. The first-order valence-electron chi connectivity index (χ1n) is 4.71. The largest absolute Gasteiger partial charge is 0.350 e. The number of hydrogen-bond acceptors (Lipinski definition) is 2. The zero-order valence-corrected chi connectivity index (χ0v) is 10.9. The van der Waals surface area contributed by atoms with Gasteiger partial charge in [-0.2, -0.15) is 0 Å². The number of nitrogens with two attached hydrogens (primary N) is 1. The first kappa shape index (κ1) is 15.2. The molecule has 0 saturated heterocycles. The Labute approximate surface area is 107 Å². The second-order valence-corrected chi connectivity index (χ2v) is 4.62. The molecule has 5 heteroatoms. The molecule has 1 aromatic rings. The van der Waals surface area contributed by atoms with Gasteiger partial charge in [0.2, 0.25) is 0 Å². The Kier molecular flexibility index (Phi) is 5.79. The van der Waals surface area contributed by atoms with E-state index in [0.29, 0.717) is 17.1 Å². The third kappa shape index (κ3) is 5.35. The number of nitrogens with one attached hydrogen (secondary N) is 1. The number of halogens is 2. The van der Waals surface area contributed by atoms with Crippen LogP contribution < -0.4 is 11.1 Å². The van der Waals surface area contributed by atoms with Crippen LogP contribution in [-0.4, -0.2) is 18.0 Å². The van der Waals surface area contributed by atoms with Crippen LogP contribution >= 0.6 is 24.0 Å². The first-order chi connectivity index (χ1) is 6.88. The fourth-order valence-corrected chi connectivity index (χ4v) is 1.23. The summed E-state index contributed by atoms with van der Waals surface area (Å²) < 4.78 is 0. The Bertz CT molecular complexity index is 361. The van der Waals surface area contributed by atoms with Crippen molar-refractivity contribution in [2.45, 2.75) is 19.4 Å². The molecule has 0 aromatic heterocycles. The molecule has 0 saturated carbocycles. The van der Waals surface area contributed by atoms with Crippen LogP contribution in [0.2, 0.25) is 5.02 Å². The Morgan fingerprint density at radius 2 is 2.12 bits per heavy atom. The number of benzene rings is 1. The van der Waals surface area contributed by atoms with Crippen molar-refractivity contribution in [3.63, 3.8) is 0 Å². The van der Waals surface area contributed by atoms with Crippen LogP contribution in [0.3, 0.4) is 0 Å². The van der Waals surface area contributed by atoms with E-state index in [2.05, 4.69) is 5.32 Å². The van der Waals surface area contributed by atoms with Crippen LogP contribution in [0.25, 0.3) is 0 Å². The second kappa shape index (κ2) is 6.09. The molecule has 0 spiro atoms. The third-order valence-corrected chi connectivity index (χ3v) is 2.03. The molecule has 0 aliphatic rings. The lowest BCUT2D eigenvalue weighted by atomic mass is 10.1. The minimum atomic E-state index is -0.408. The van der Waals surface area contributed by atoms with E-state index < -0.39 is 5.54 Å². The van der Waals surface area contributed by atoms with Crippen molar-refractivity contribution < 1.29 is 4.79 Å². The van der Waals surface area contributed by atoms with Crippen molar-refractivity contribution in [2.75, 3.05) is 6.54 Å². The van der Waals surface area contributed by atoms with Crippen LogP contribution in [-0.2, 0) is 0 Å². The average Bonchev–Trinajstić information content (AvgIpc) is 2.13. The van der Waals surface area contributed by atoms with Crippen molar-refractivity contribution in [1.29, 1.82) is 0 Å². The molecule has 0 aliphatic heterocycles. The predicted molar refractivity (Wildman–Crippen MR) is 69.3 cm³/mol. The van der Waals surface area contributed by atoms with Crippen LogP contribution in [0.1, 0.15) is 24.2 Å². The van der Waals surface area contributed by atoms with Gasteiger partial charge in [0.15, 0.2) is 0 Å². The number of carbonyl (C=O) groups excluding carboxylic acids is 1. The molecule has 90 valence electrons. The van der Waals surface area contributed by atoms with Crippen molar-refractivity contribution in [3.8, 4) is 0 Å². The van der Waals surface area contributed by atoms with Gasteiger partial charge in [-0.05, 0) is 32.0 Å². The molecule has 0 bridgehead atoms. The Hall–Kier alpha value is -0.770. The van der Waals surface area contributed by atoms with Gasteiger partial charge in [-0.3, -0.25) is 4.79 Å². The highest BCUT2D eigenvalue weighted by molar-refractivity contribution is 6.30. The summed E-state index contributed by atoms with van der Waals surface area (Å²) in [5.74, 6) is -0.156. The quantitative estimate of drug-likeness (QED) is 0.878. The summed E-state index contributed by atoms with van der Waals surface area (Å²) in [5.41, 5.74) is 5.89. The van der Waals surface area contributed by atoms with Gasteiger partial charge in [-0.15, -0.1) is 12.4 Å². The molecule has 3 N–H and O–H groups in total. The molecule has 1 amide bonds. The molecule has 0 aliphatic carbocycles. The van der Waals surface area contributed by atoms with Gasteiger partial charge in [0.1, 0.15) is 0 Å². The second-order valence-electron chi connectivity index (χ2n) is 4.18. The lowest BCUT2D eigenvalue weighted by Crippen LogP contribution is -2.45. The zero-order chi connectivity index (χ0) is 11.5. The molecular formula is C11H16Cl2N2O. The number of carbonyl (C=O) groups is 1. The molecule has 0 unspecified atom stereocenters. The SMILES string of the molecule is CC(C)(N)CNC(=O)c1cccc(Cl)c1.Cl. The fourth-order valence-electron chi connectivity index (χ4n) is 1.04. The molecular weight excluding hydrogens is 247 g/mol. The van der Waals surface area contributed by atoms with Crippen molar-refractivity contribution in [1.82, 2.24) is 5.32 Å². The third-order valence-electron chi connectivity index (χ3n) is 1.79. The molecule has 3 nitrogen and oxygen atoms in total. The van der Waals surface area contributed by atoms with Crippen molar-refractivity contribution in [2.24, 2.45) is 5.73 Å². The van der Waals surface area contributed by atoms with E-state index in [0.717, 1.165) is 0 Å². The van der Waals surface area contributed by atoms with Crippen molar-refractivity contribution in [3.05, 3.63) is 34.9 Å². The van der Waals surface area contributed by atoms with E-state index in [1.54, 1.807) is 24.3 Å². The maximum atomic E-state index is 11.6. The lowest BCUT2D eigenvalue weighted by molar-refractivity contribution is 0.0946. The summed E-state index contributed by atoms with van der Waals surface area (Å²) in [5, 5.41) is 3.29. The Balaban J connectivity index is 0.00000225. The topological polar surface area (TPSA) is 55.1 Å². The summed E-state index contributed by atoms with van der Waals surface area (Å²) in [6, 6.07) is 6.81. The first-order valence-corrected chi connectivity index (χ1v) is 5.09. The monoisotopic (exact) mass is 262 g/mol. The molecule has 0 heterocycles.